The van der Waals surface area contributed by atoms with Crippen LogP contribution in [0.15, 0.2) is 18.2 Å². The molecule has 0 fully saturated rings. The van der Waals surface area contributed by atoms with Crippen molar-refractivity contribution in [2.75, 3.05) is 11.4 Å². The predicted molar refractivity (Wildman–Crippen MR) is 47.4 cm³/mol. The van der Waals surface area contributed by atoms with Gasteiger partial charge < -0.3 is 10.0 Å². The van der Waals surface area contributed by atoms with Crippen molar-refractivity contribution in [3.8, 4) is 0 Å². The topological polar surface area (TPSA) is 57.6 Å². The highest BCUT2D eigenvalue weighted by Crippen LogP contribution is 2.16. The fourth-order valence-corrected chi connectivity index (χ4v) is 1.04. The molecule has 1 N–H and O–H groups in total. The summed E-state index contributed by atoms with van der Waals surface area (Å²) in [7, 11) is 0. The average Bonchev–Trinajstić information content (AvgIpc) is 2.12. The van der Waals surface area contributed by atoms with Crippen LogP contribution in [0.3, 0.4) is 0 Å². The summed E-state index contributed by atoms with van der Waals surface area (Å²) in [6.07, 6.45) is 0.197. The first kappa shape index (κ1) is 11.1. The summed E-state index contributed by atoms with van der Waals surface area (Å²) in [6, 6.07) is 2.38. The molecule has 0 radical (unpaired) electrons. The van der Waals surface area contributed by atoms with Crippen molar-refractivity contribution in [1.82, 2.24) is 0 Å². The molecule has 0 heterocycles. The second kappa shape index (κ2) is 4.50. The number of carbonyl (C=O) groups is 2. The molecule has 1 aromatic rings. The number of carboxylic acids is 1. The first-order valence-electron chi connectivity index (χ1n) is 3.93. The third-order valence-electron chi connectivity index (χ3n) is 1.61. The first-order chi connectivity index (χ1) is 7.02. The number of benzene rings is 1. The van der Waals surface area contributed by atoms with Gasteiger partial charge in [-0.05, 0) is 12.1 Å². The van der Waals surface area contributed by atoms with Gasteiger partial charge in [0.2, 0.25) is 6.41 Å². The molecular formula is C9H7F2NO3. The zero-order valence-electron chi connectivity index (χ0n) is 7.48. The molecule has 0 bridgehead atoms. The van der Waals surface area contributed by atoms with E-state index >= 15 is 0 Å². The molecule has 0 spiro atoms. The minimum absolute atomic E-state index is 0.134. The van der Waals surface area contributed by atoms with Crippen LogP contribution < -0.4 is 4.90 Å². The Kier molecular flexibility index (Phi) is 3.33. The van der Waals surface area contributed by atoms with Crippen LogP contribution in [-0.4, -0.2) is 24.0 Å². The van der Waals surface area contributed by atoms with Crippen LogP contribution in [0.5, 0.6) is 0 Å². The molecule has 0 unspecified atom stereocenters. The summed E-state index contributed by atoms with van der Waals surface area (Å²) in [4.78, 5) is 21.5. The van der Waals surface area contributed by atoms with Gasteiger partial charge in [0, 0.05) is 11.8 Å². The van der Waals surface area contributed by atoms with E-state index in [1.165, 1.54) is 0 Å². The van der Waals surface area contributed by atoms with Crippen molar-refractivity contribution in [3.63, 3.8) is 0 Å². The molecule has 1 aromatic carbocycles. The monoisotopic (exact) mass is 215 g/mol. The van der Waals surface area contributed by atoms with Gasteiger partial charge in [-0.2, -0.15) is 0 Å². The van der Waals surface area contributed by atoms with Crippen LogP contribution in [0, 0.1) is 11.6 Å². The molecule has 15 heavy (non-hydrogen) atoms. The number of aliphatic carboxylic acids is 1. The van der Waals surface area contributed by atoms with E-state index in [2.05, 4.69) is 0 Å². The van der Waals surface area contributed by atoms with E-state index in [4.69, 9.17) is 5.11 Å². The number of hydrogen-bond donors (Lipinski definition) is 1. The smallest absolute Gasteiger partial charge is 0.323 e. The molecule has 0 atom stereocenters. The Bertz CT molecular complexity index is 375. The molecule has 0 aliphatic rings. The lowest BCUT2D eigenvalue weighted by molar-refractivity contribution is -0.136. The number of rotatable bonds is 4. The molecule has 6 heteroatoms. The van der Waals surface area contributed by atoms with Crippen molar-refractivity contribution in [2.24, 2.45) is 0 Å². The zero-order chi connectivity index (χ0) is 11.4. The van der Waals surface area contributed by atoms with Gasteiger partial charge in [0.05, 0.1) is 0 Å². The molecule has 1 amide bonds. The highest BCUT2D eigenvalue weighted by atomic mass is 19.1. The maximum absolute atomic E-state index is 12.7. The molecule has 80 valence electrons. The number of hydrogen-bond acceptors (Lipinski definition) is 2. The number of anilines is 1. The van der Waals surface area contributed by atoms with Gasteiger partial charge in [-0.15, -0.1) is 0 Å². The second-order valence-electron chi connectivity index (χ2n) is 2.75. The van der Waals surface area contributed by atoms with Crippen LogP contribution in [0.25, 0.3) is 0 Å². The summed E-state index contributed by atoms with van der Waals surface area (Å²) < 4.78 is 25.5. The summed E-state index contributed by atoms with van der Waals surface area (Å²) in [5.41, 5.74) is -0.134. The van der Waals surface area contributed by atoms with Gasteiger partial charge in [0.1, 0.15) is 18.2 Å². The molecule has 0 saturated heterocycles. The highest BCUT2D eigenvalue weighted by molar-refractivity contribution is 5.84. The molecular weight excluding hydrogens is 208 g/mol. The van der Waals surface area contributed by atoms with Crippen molar-refractivity contribution in [2.45, 2.75) is 0 Å². The lowest BCUT2D eigenvalue weighted by Gasteiger charge is -2.14. The lowest BCUT2D eigenvalue weighted by Crippen LogP contribution is -2.28. The van der Waals surface area contributed by atoms with Crippen LogP contribution in [0.2, 0.25) is 0 Å². The van der Waals surface area contributed by atoms with E-state index < -0.39 is 24.1 Å². The molecule has 0 saturated carbocycles. The standard InChI is InChI=1S/C9H7F2NO3/c10-6-1-7(11)3-8(2-6)12(5-13)4-9(14)15/h1-3,5H,4H2,(H,14,15). The zero-order valence-corrected chi connectivity index (χ0v) is 7.48. The molecule has 1 rings (SSSR count). The Morgan fingerprint density at radius 1 is 1.33 bits per heavy atom. The number of halogens is 2. The van der Waals surface area contributed by atoms with E-state index in [0.717, 1.165) is 12.1 Å². The van der Waals surface area contributed by atoms with Crippen molar-refractivity contribution in [1.29, 1.82) is 0 Å². The van der Waals surface area contributed by atoms with E-state index in [0.29, 0.717) is 11.0 Å². The average molecular weight is 215 g/mol. The quantitative estimate of drug-likeness (QED) is 0.762. The van der Waals surface area contributed by atoms with Gasteiger partial charge in [-0.1, -0.05) is 0 Å². The van der Waals surface area contributed by atoms with Crippen molar-refractivity contribution >= 4 is 18.1 Å². The van der Waals surface area contributed by atoms with E-state index in [1.807, 2.05) is 0 Å². The summed E-state index contributed by atoms with van der Waals surface area (Å²) >= 11 is 0. The Morgan fingerprint density at radius 3 is 2.27 bits per heavy atom. The maximum atomic E-state index is 12.7. The van der Waals surface area contributed by atoms with Crippen LogP contribution >= 0.6 is 0 Å². The van der Waals surface area contributed by atoms with Crippen LogP contribution in [-0.2, 0) is 9.59 Å². The highest BCUT2D eigenvalue weighted by Gasteiger charge is 2.11. The van der Waals surface area contributed by atoms with Gasteiger partial charge in [0.15, 0.2) is 0 Å². The Hall–Kier alpha value is -1.98. The first-order valence-corrected chi connectivity index (χ1v) is 3.93. The minimum atomic E-state index is -1.27. The normalized spacial score (nSPS) is 9.73. The summed E-state index contributed by atoms with van der Waals surface area (Å²) in [5, 5.41) is 8.43. The maximum Gasteiger partial charge on any atom is 0.323 e. The van der Waals surface area contributed by atoms with E-state index in [9.17, 15) is 18.4 Å². The molecule has 0 aromatic heterocycles. The van der Waals surface area contributed by atoms with E-state index in [1.54, 1.807) is 0 Å². The van der Waals surface area contributed by atoms with Crippen LogP contribution in [0.1, 0.15) is 0 Å². The Morgan fingerprint density at radius 2 is 1.87 bits per heavy atom. The SMILES string of the molecule is O=CN(CC(=O)O)c1cc(F)cc(F)c1. The van der Waals surface area contributed by atoms with Gasteiger partial charge in [-0.3, -0.25) is 9.59 Å². The van der Waals surface area contributed by atoms with Crippen molar-refractivity contribution < 1.29 is 23.5 Å². The minimum Gasteiger partial charge on any atom is -0.480 e. The number of amides is 1. The number of carbonyl (C=O) groups excluding carboxylic acids is 1. The van der Waals surface area contributed by atoms with Gasteiger partial charge >= 0.3 is 5.97 Å². The van der Waals surface area contributed by atoms with Crippen molar-refractivity contribution in [3.05, 3.63) is 29.8 Å². The van der Waals surface area contributed by atoms with E-state index in [-0.39, 0.29) is 12.1 Å². The largest absolute Gasteiger partial charge is 0.480 e. The van der Waals surface area contributed by atoms with Gasteiger partial charge in [-0.25, -0.2) is 8.78 Å². The molecule has 0 aliphatic heterocycles. The predicted octanol–water partition coefficient (Wildman–Crippen LogP) is 1.01. The Labute approximate surface area is 83.7 Å². The van der Waals surface area contributed by atoms with Gasteiger partial charge in [0.25, 0.3) is 0 Å². The molecule has 0 aliphatic carbocycles. The summed E-state index contributed by atoms with van der Waals surface area (Å²) in [6.45, 7) is -0.646. The Balaban J connectivity index is 3.00. The third-order valence-corrected chi connectivity index (χ3v) is 1.61. The van der Waals surface area contributed by atoms with Crippen LogP contribution in [0.4, 0.5) is 14.5 Å². The molecule has 4 nitrogen and oxygen atoms in total. The third kappa shape index (κ3) is 3.01. The lowest BCUT2D eigenvalue weighted by atomic mass is 10.3. The second-order valence-corrected chi connectivity index (χ2v) is 2.75. The number of nitrogens with zero attached hydrogens (tertiary/aromatic N) is 1. The fourth-order valence-electron chi connectivity index (χ4n) is 1.04. The number of carboxylic acid groups (broad SMARTS) is 1. The summed E-state index contributed by atoms with van der Waals surface area (Å²) in [5.74, 6) is -3.02. The fraction of sp³-hybridized carbons (Fsp3) is 0.111.